The molecule has 2 fully saturated rings. The van der Waals surface area contributed by atoms with Crippen LogP contribution in [0.25, 0.3) is 0 Å². The minimum atomic E-state index is -5.08. The summed E-state index contributed by atoms with van der Waals surface area (Å²) >= 11 is 0. The second-order valence-electron chi connectivity index (χ2n) is 4.04. The van der Waals surface area contributed by atoms with Gasteiger partial charge in [-0.05, 0) is 12.8 Å². The van der Waals surface area contributed by atoms with E-state index in [0.717, 1.165) is 25.9 Å². The maximum absolute atomic E-state index is 11.4. The molecule has 0 spiro atoms. The van der Waals surface area contributed by atoms with Gasteiger partial charge < -0.3 is 15.2 Å². The molecular weight excluding hydrogens is 255 g/mol. The van der Waals surface area contributed by atoms with Crippen LogP contribution in [0.1, 0.15) is 12.8 Å². The molecule has 18 heavy (non-hydrogen) atoms. The van der Waals surface area contributed by atoms with Crippen molar-refractivity contribution >= 4 is 11.8 Å². The van der Waals surface area contributed by atoms with Crippen molar-refractivity contribution in [3.05, 3.63) is 0 Å². The van der Waals surface area contributed by atoms with Crippen molar-refractivity contribution in [3.8, 4) is 0 Å². The topological polar surface area (TPSA) is 75.6 Å². The van der Waals surface area contributed by atoms with E-state index in [2.05, 4.69) is 5.32 Å². The molecule has 8 heteroatoms. The summed E-state index contributed by atoms with van der Waals surface area (Å²) in [5.41, 5.74) is 0. The van der Waals surface area contributed by atoms with Gasteiger partial charge in [0.15, 0.2) is 5.78 Å². The van der Waals surface area contributed by atoms with E-state index in [1.165, 1.54) is 0 Å². The second kappa shape index (κ2) is 6.14. The van der Waals surface area contributed by atoms with Crippen LogP contribution < -0.4 is 5.32 Å². The Morgan fingerprint density at radius 1 is 1.28 bits per heavy atom. The predicted octanol–water partition coefficient (Wildman–Crippen LogP) is 0.587. The minimum absolute atomic E-state index is 0.142. The number of morpholine rings is 1. The lowest BCUT2D eigenvalue weighted by Crippen LogP contribution is -2.43. The van der Waals surface area contributed by atoms with Gasteiger partial charge in [-0.15, -0.1) is 0 Å². The van der Waals surface area contributed by atoms with E-state index in [1.54, 1.807) is 0 Å². The van der Waals surface area contributed by atoms with Crippen LogP contribution in [0, 0.1) is 5.92 Å². The highest BCUT2D eigenvalue weighted by Gasteiger charge is 2.38. The summed E-state index contributed by atoms with van der Waals surface area (Å²) in [6.07, 6.45) is -3.06. The van der Waals surface area contributed by atoms with E-state index in [0.29, 0.717) is 18.3 Å². The molecule has 1 saturated heterocycles. The van der Waals surface area contributed by atoms with Crippen molar-refractivity contribution in [1.29, 1.82) is 0 Å². The lowest BCUT2D eigenvalue weighted by Gasteiger charge is -2.22. The number of carbonyl (C=O) groups is 2. The highest BCUT2D eigenvalue weighted by molar-refractivity contribution is 5.87. The number of carboxylic acid groups (broad SMARTS) is 1. The summed E-state index contributed by atoms with van der Waals surface area (Å²) in [5.74, 6) is -2.11. The van der Waals surface area contributed by atoms with E-state index in [4.69, 9.17) is 14.6 Å². The number of Topliss-reactive ketones (excluding diaryl/α,β-unsaturated/α-hetero) is 1. The number of ether oxygens (including phenoxy) is 1. The standard InChI is InChI=1S/C8H13NO2.C2HF3O2/c10-8(6-1-2-6)7-5-9-3-4-11-7;3-2(4,5)1(6)7/h6-7,9H,1-5H2;(H,6,7). The van der Waals surface area contributed by atoms with Gasteiger partial charge in [-0.2, -0.15) is 13.2 Å². The monoisotopic (exact) mass is 269 g/mol. The number of nitrogens with one attached hydrogen (secondary N) is 1. The number of carboxylic acids is 1. The van der Waals surface area contributed by atoms with Gasteiger partial charge in [-0.3, -0.25) is 4.79 Å². The Morgan fingerprint density at radius 2 is 1.83 bits per heavy atom. The number of carbonyl (C=O) groups excluding carboxylic acids is 1. The molecule has 2 N–H and O–H groups in total. The Kier molecular flexibility index (Phi) is 5.09. The maximum Gasteiger partial charge on any atom is 0.490 e. The lowest BCUT2D eigenvalue weighted by molar-refractivity contribution is -0.192. The highest BCUT2D eigenvalue weighted by Crippen LogP contribution is 2.31. The van der Waals surface area contributed by atoms with E-state index >= 15 is 0 Å². The van der Waals surface area contributed by atoms with E-state index in [1.807, 2.05) is 0 Å². The first-order valence-electron chi connectivity index (χ1n) is 5.48. The third-order valence-corrected chi connectivity index (χ3v) is 2.47. The fraction of sp³-hybridized carbons (Fsp3) is 0.800. The molecule has 0 bridgehead atoms. The Balaban J connectivity index is 0.000000203. The average molecular weight is 269 g/mol. The van der Waals surface area contributed by atoms with Crippen molar-refractivity contribution in [1.82, 2.24) is 5.32 Å². The first kappa shape index (κ1) is 14.9. The molecular formula is C10H14F3NO4. The first-order valence-corrected chi connectivity index (χ1v) is 5.48. The van der Waals surface area contributed by atoms with Crippen molar-refractivity contribution in [2.24, 2.45) is 5.92 Å². The smallest absolute Gasteiger partial charge is 0.475 e. The normalized spacial score (nSPS) is 23.8. The van der Waals surface area contributed by atoms with Crippen molar-refractivity contribution in [2.45, 2.75) is 25.1 Å². The molecule has 0 radical (unpaired) electrons. The van der Waals surface area contributed by atoms with Crippen LogP contribution in [0.5, 0.6) is 0 Å². The summed E-state index contributed by atoms with van der Waals surface area (Å²) in [6, 6.07) is 0. The zero-order valence-electron chi connectivity index (χ0n) is 9.50. The lowest BCUT2D eigenvalue weighted by atomic mass is 10.1. The van der Waals surface area contributed by atoms with Crippen LogP contribution in [0.4, 0.5) is 13.2 Å². The molecule has 1 aliphatic heterocycles. The number of alkyl halides is 3. The molecule has 1 atom stereocenters. The van der Waals surface area contributed by atoms with Crippen LogP contribution in [0.3, 0.4) is 0 Å². The molecule has 0 aromatic carbocycles. The van der Waals surface area contributed by atoms with Gasteiger partial charge in [-0.1, -0.05) is 0 Å². The average Bonchev–Trinajstić information content (AvgIpc) is 3.13. The third-order valence-electron chi connectivity index (χ3n) is 2.47. The van der Waals surface area contributed by atoms with Gasteiger partial charge in [0.2, 0.25) is 0 Å². The highest BCUT2D eigenvalue weighted by atomic mass is 19.4. The SMILES string of the molecule is O=C(C1CC1)C1CNCCO1.O=C(O)C(F)(F)F. The van der Waals surface area contributed by atoms with Crippen LogP contribution in [-0.4, -0.2) is 48.8 Å². The number of hydrogen-bond donors (Lipinski definition) is 2. The number of rotatable bonds is 2. The second-order valence-corrected chi connectivity index (χ2v) is 4.04. The zero-order chi connectivity index (χ0) is 13.8. The van der Waals surface area contributed by atoms with Crippen LogP contribution in [0.2, 0.25) is 0 Å². The Labute approximate surface area is 101 Å². The van der Waals surface area contributed by atoms with Crippen LogP contribution >= 0.6 is 0 Å². The quantitative estimate of drug-likeness (QED) is 0.767. The summed E-state index contributed by atoms with van der Waals surface area (Å²) < 4.78 is 37.1. The molecule has 2 rings (SSSR count). The number of hydrogen-bond acceptors (Lipinski definition) is 4. The largest absolute Gasteiger partial charge is 0.490 e. The van der Waals surface area contributed by atoms with Crippen molar-refractivity contribution in [3.63, 3.8) is 0 Å². The summed E-state index contributed by atoms with van der Waals surface area (Å²) in [6.45, 7) is 2.28. The van der Waals surface area contributed by atoms with E-state index in [-0.39, 0.29) is 6.10 Å². The Bertz CT molecular complexity index is 309. The number of ketones is 1. The molecule has 0 amide bonds. The minimum Gasteiger partial charge on any atom is -0.475 e. The number of halogens is 3. The van der Waals surface area contributed by atoms with Crippen molar-refractivity contribution < 1.29 is 32.6 Å². The molecule has 1 heterocycles. The molecule has 1 saturated carbocycles. The first-order chi connectivity index (χ1) is 8.32. The van der Waals surface area contributed by atoms with Crippen LogP contribution in [-0.2, 0) is 14.3 Å². The van der Waals surface area contributed by atoms with Gasteiger partial charge in [-0.25, -0.2) is 4.79 Å². The third kappa shape index (κ3) is 5.01. The molecule has 1 aliphatic carbocycles. The Morgan fingerprint density at radius 3 is 2.17 bits per heavy atom. The van der Waals surface area contributed by atoms with Gasteiger partial charge in [0.05, 0.1) is 6.61 Å². The summed E-state index contributed by atoms with van der Waals surface area (Å²) in [5, 5.41) is 10.3. The number of aliphatic carboxylic acids is 1. The molecule has 0 aromatic rings. The van der Waals surface area contributed by atoms with Gasteiger partial charge in [0.25, 0.3) is 0 Å². The molecule has 104 valence electrons. The van der Waals surface area contributed by atoms with E-state index < -0.39 is 12.1 Å². The van der Waals surface area contributed by atoms with Gasteiger partial charge in [0, 0.05) is 19.0 Å². The zero-order valence-corrected chi connectivity index (χ0v) is 9.50. The van der Waals surface area contributed by atoms with Crippen LogP contribution in [0.15, 0.2) is 0 Å². The molecule has 1 unspecified atom stereocenters. The predicted molar refractivity (Wildman–Crippen MR) is 54.0 cm³/mol. The Hall–Kier alpha value is -1.15. The van der Waals surface area contributed by atoms with Gasteiger partial charge in [0.1, 0.15) is 6.10 Å². The summed E-state index contributed by atoms with van der Waals surface area (Å²) in [7, 11) is 0. The van der Waals surface area contributed by atoms with Crippen molar-refractivity contribution in [2.75, 3.05) is 19.7 Å². The fourth-order valence-electron chi connectivity index (χ4n) is 1.38. The van der Waals surface area contributed by atoms with E-state index in [9.17, 15) is 18.0 Å². The molecule has 2 aliphatic rings. The maximum atomic E-state index is 11.4. The molecule has 5 nitrogen and oxygen atoms in total. The summed E-state index contributed by atoms with van der Waals surface area (Å²) in [4.78, 5) is 20.3. The fourth-order valence-corrected chi connectivity index (χ4v) is 1.38. The van der Waals surface area contributed by atoms with Gasteiger partial charge >= 0.3 is 12.1 Å². The molecule has 0 aromatic heterocycles.